The molecule has 6 amide bonds. The molecule has 0 aromatic rings. The third-order valence-electron chi connectivity index (χ3n) is 7.83. The Morgan fingerprint density at radius 3 is 2.02 bits per heavy atom. The van der Waals surface area contributed by atoms with Gasteiger partial charge in [0.25, 0.3) is 5.91 Å². The van der Waals surface area contributed by atoms with Crippen LogP contribution in [0.3, 0.4) is 0 Å². The molecule has 0 bridgehead atoms. The minimum absolute atomic E-state index is 0.277. The molecule has 0 heterocycles. The number of allylic oxidation sites excluding steroid dienone is 3. The number of nitrogens with one attached hydrogen (secondary N) is 3. The quantitative estimate of drug-likeness (QED) is 0.0846. The monoisotopic (exact) mass is 664 g/mol. The molecule has 0 aliphatic rings. The molecule has 5 atom stereocenters. The second-order valence-corrected chi connectivity index (χ2v) is 12.3. The maximum absolute atomic E-state index is 12.8. The predicted octanol–water partition coefficient (Wildman–Crippen LogP) is 1.19. The highest BCUT2D eigenvalue weighted by Gasteiger charge is 2.29. The SMILES string of the molecule is C/C=C(\C)CC(C)CC/C=C(\C)C(=O)OCC(=O)NC(C)C(=O)N(C)CC(=O)N(C)CC(=O)NC(C(=O)N[C@H](C)C(N)=O)C(C)CC. The maximum atomic E-state index is 12.8. The number of hydrogen-bond donors (Lipinski definition) is 4. The van der Waals surface area contributed by atoms with E-state index in [1.165, 1.54) is 33.5 Å². The largest absolute Gasteiger partial charge is 0.452 e. The Kier molecular flexibility index (Phi) is 19.6. The number of likely N-dealkylation sites (N-methyl/N-ethyl adjacent to an activating group) is 2. The number of nitrogens with zero attached hydrogens (tertiary/aromatic N) is 2. The summed E-state index contributed by atoms with van der Waals surface area (Å²) in [4.78, 5) is 89.0. The summed E-state index contributed by atoms with van der Waals surface area (Å²) in [7, 11) is 2.74. The Balaban J connectivity index is 4.85. The molecule has 14 heteroatoms. The van der Waals surface area contributed by atoms with Crippen LogP contribution in [0, 0.1) is 11.8 Å². The van der Waals surface area contributed by atoms with Crippen molar-refractivity contribution >= 4 is 41.4 Å². The molecule has 5 N–H and O–H groups in total. The molecular formula is C33H56N6O8. The van der Waals surface area contributed by atoms with E-state index in [2.05, 4.69) is 35.9 Å². The number of ether oxygens (including phenoxy) is 1. The van der Waals surface area contributed by atoms with Gasteiger partial charge in [0.05, 0.1) is 13.1 Å². The number of amides is 6. The first-order chi connectivity index (χ1) is 21.8. The fourth-order valence-electron chi connectivity index (χ4n) is 4.36. The molecule has 0 saturated carbocycles. The first kappa shape index (κ1) is 42.8. The number of hydrogen-bond acceptors (Lipinski definition) is 8. The lowest BCUT2D eigenvalue weighted by Gasteiger charge is -2.27. The third kappa shape index (κ3) is 16.8. The van der Waals surface area contributed by atoms with Crippen LogP contribution in [0.15, 0.2) is 23.3 Å². The zero-order chi connectivity index (χ0) is 36.4. The zero-order valence-corrected chi connectivity index (χ0v) is 29.7. The van der Waals surface area contributed by atoms with Gasteiger partial charge in [-0.3, -0.25) is 28.8 Å². The fraction of sp³-hybridized carbons (Fsp3) is 0.667. The fourth-order valence-corrected chi connectivity index (χ4v) is 4.36. The summed E-state index contributed by atoms with van der Waals surface area (Å²) in [6.45, 7) is 13.0. The molecule has 0 saturated heterocycles. The minimum atomic E-state index is -1.02. The standard InChI is InChI=1S/C33H56N6O8/c1-11-20(3)16-21(4)14-13-15-23(6)33(46)47-19-27(41)35-25(8)32(45)39(10)18-28(42)38(9)17-26(40)37-29(22(5)12-2)31(44)36-24(7)30(34)43/h11,15,21-22,24-25,29H,12-14,16-19H2,1-10H3,(H2,34,43)(H,35,41)(H,36,44)(H,37,40)/b20-11+,23-15+/t21?,22?,24-,25?,29?/m1/s1. The summed E-state index contributed by atoms with van der Waals surface area (Å²) in [5.74, 6) is -4.17. The van der Waals surface area contributed by atoms with Gasteiger partial charge in [-0.05, 0) is 65.7 Å². The van der Waals surface area contributed by atoms with Crippen molar-refractivity contribution in [1.82, 2.24) is 25.8 Å². The molecule has 0 aliphatic carbocycles. The first-order valence-electron chi connectivity index (χ1n) is 16.0. The third-order valence-corrected chi connectivity index (χ3v) is 7.83. The van der Waals surface area contributed by atoms with Gasteiger partial charge in [0, 0.05) is 19.7 Å². The van der Waals surface area contributed by atoms with Crippen LogP contribution in [-0.4, -0.2) is 103 Å². The average molecular weight is 665 g/mol. The van der Waals surface area contributed by atoms with Gasteiger partial charge in [-0.25, -0.2) is 4.79 Å². The lowest BCUT2D eigenvalue weighted by Crippen LogP contribution is -2.56. The van der Waals surface area contributed by atoms with Crippen molar-refractivity contribution < 1.29 is 38.3 Å². The summed E-state index contributed by atoms with van der Waals surface area (Å²) in [5.41, 5.74) is 6.92. The number of rotatable bonds is 20. The van der Waals surface area contributed by atoms with Gasteiger partial charge in [-0.2, -0.15) is 0 Å². The van der Waals surface area contributed by atoms with E-state index in [1.54, 1.807) is 19.9 Å². The zero-order valence-electron chi connectivity index (χ0n) is 29.7. The number of carbonyl (C=O) groups excluding carboxylic acids is 7. The van der Waals surface area contributed by atoms with Gasteiger partial charge in [-0.15, -0.1) is 0 Å². The van der Waals surface area contributed by atoms with E-state index >= 15 is 0 Å². The van der Waals surface area contributed by atoms with Crippen LogP contribution < -0.4 is 21.7 Å². The van der Waals surface area contributed by atoms with Crippen LogP contribution in [0.4, 0.5) is 0 Å². The Bertz CT molecular complexity index is 1180. The van der Waals surface area contributed by atoms with Crippen LogP contribution in [0.5, 0.6) is 0 Å². The Morgan fingerprint density at radius 1 is 0.851 bits per heavy atom. The van der Waals surface area contributed by atoms with E-state index in [1.807, 2.05) is 13.8 Å². The van der Waals surface area contributed by atoms with Gasteiger partial charge in [0.2, 0.25) is 29.5 Å². The highest BCUT2D eigenvalue weighted by atomic mass is 16.5. The smallest absolute Gasteiger partial charge is 0.333 e. The first-order valence-corrected chi connectivity index (χ1v) is 16.0. The van der Waals surface area contributed by atoms with Crippen molar-refractivity contribution in [2.45, 2.75) is 99.2 Å². The second-order valence-electron chi connectivity index (χ2n) is 12.3. The van der Waals surface area contributed by atoms with Gasteiger partial charge < -0.3 is 36.2 Å². The van der Waals surface area contributed by atoms with Crippen molar-refractivity contribution in [1.29, 1.82) is 0 Å². The van der Waals surface area contributed by atoms with Crippen LogP contribution in [0.1, 0.15) is 81.1 Å². The van der Waals surface area contributed by atoms with Crippen LogP contribution >= 0.6 is 0 Å². The predicted molar refractivity (Wildman–Crippen MR) is 178 cm³/mol. The van der Waals surface area contributed by atoms with Crippen molar-refractivity contribution in [3.63, 3.8) is 0 Å². The van der Waals surface area contributed by atoms with E-state index in [0.717, 1.165) is 22.6 Å². The minimum Gasteiger partial charge on any atom is -0.452 e. The summed E-state index contributed by atoms with van der Waals surface area (Å²) in [6.07, 6.45) is 7.02. The summed E-state index contributed by atoms with van der Waals surface area (Å²) >= 11 is 0. The Morgan fingerprint density at radius 2 is 1.47 bits per heavy atom. The van der Waals surface area contributed by atoms with E-state index in [0.29, 0.717) is 24.3 Å². The van der Waals surface area contributed by atoms with Crippen molar-refractivity contribution in [3.8, 4) is 0 Å². The highest BCUT2D eigenvalue weighted by Crippen LogP contribution is 2.17. The molecular weight excluding hydrogens is 608 g/mol. The summed E-state index contributed by atoms with van der Waals surface area (Å²) < 4.78 is 5.07. The topological polar surface area (TPSA) is 197 Å². The molecule has 266 valence electrons. The average Bonchev–Trinajstić information content (AvgIpc) is 3.00. The molecule has 0 spiro atoms. The number of nitrogens with two attached hydrogens (primary N) is 1. The molecule has 0 radical (unpaired) electrons. The molecule has 0 rings (SSSR count). The normalized spacial score (nSPS) is 14.9. The molecule has 47 heavy (non-hydrogen) atoms. The number of carbonyl (C=O) groups is 7. The van der Waals surface area contributed by atoms with Crippen molar-refractivity contribution in [3.05, 3.63) is 23.3 Å². The van der Waals surface area contributed by atoms with Crippen LogP contribution in [0.25, 0.3) is 0 Å². The van der Waals surface area contributed by atoms with E-state index in [9.17, 15) is 33.6 Å². The van der Waals surface area contributed by atoms with Crippen LogP contribution in [0.2, 0.25) is 0 Å². The number of esters is 1. The van der Waals surface area contributed by atoms with Gasteiger partial charge in [0.1, 0.15) is 18.1 Å². The highest BCUT2D eigenvalue weighted by molar-refractivity contribution is 5.94. The van der Waals surface area contributed by atoms with Gasteiger partial charge >= 0.3 is 5.97 Å². The lowest BCUT2D eigenvalue weighted by molar-refractivity contribution is -0.146. The molecule has 4 unspecified atom stereocenters. The van der Waals surface area contributed by atoms with Gasteiger partial charge in [-0.1, -0.05) is 44.9 Å². The summed E-state index contributed by atoms with van der Waals surface area (Å²) in [5, 5.41) is 7.51. The Labute approximate surface area is 279 Å². The van der Waals surface area contributed by atoms with Crippen molar-refractivity contribution in [2.24, 2.45) is 17.6 Å². The van der Waals surface area contributed by atoms with E-state index in [4.69, 9.17) is 10.5 Å². The molecule has 0 aliphatic heterocycles. The maximum Gasteiger partial charge on any atom is 0.333 e. The second kappa shape index (κ2) is 21.5. The van der Waals surface area contributed by atoms with Crippen molar-refractivity contribution in [2.75, 3.05) is 33.8 Å². The van der Waals surface area contributed by atoms with E-state index in [-0.39, 0.29) is 12.5 Å². The molecule has 0 fully saturated rings. The molecule has 0 aromatic carbocycles. The molecule has 14 nitrogen and oxygen atoms in total. The Hall–Kier alpha value is -4.23. The van der Waals surface area contributed by atoms with E-state index < -0.39 is 72.7 Å². The lowest BCUT2D eigenvalue weighted by atomic mass is 9.97. The van der Waals surface area contributed by atoms with Gasteiger partial charge in [0.15, 0.2) is 6.61 Å². The number of primary amides is 1. The molecule has 0 aromatic heterocycles. The van der Waals surface area contributed by atoms with Crippen LogP contribution in [-0.2, 0) is 38.3 Å². The summed E-state index contributed by atoms with van der Waals surface area (Å²) in [6, 6.07) is -2.92.